The summed E-state index contributed by atoms with van der Waals surface area (Å²) in [7, 11) is 1.24. The standard InChI is InChI=1S/C21H21N3O5/c1-29-18(25)12-22-19(26)13-4-8-16(9-5-13)24-21(28)15-6-10-17(11-7-15)23-20(27)14-2-3-14/h4-11,14H,2-3,12H2,1H3,(H,22,26)(H,23,27)(H,24,28). The van der Waals surface area contributed by atoms with Gasteiger partial charge in [0.15, 0.2) is 0 Å². The lowest BCUT2D eigenvalue weighted by atomic mass is 10.1. The van der Waals surface area contributed by atoms with Crippen LogP contribution in [0.3, 0.4) is 0 Å². The van der Waals surface area contributed by atoms with E-state index >= 15 is 0 Å². The first-order valence-corrected chi connectivity index (χ1v) is 9.13. The Hall–Kier alpha value is -3.68. The van der Waals surface area contributed by atoms with E-state index < -0.39 is 11.9 Å². The summed E-state index contributed by atoms with van der Waals surface area (Å²) in [4.78, 5) is 47.1. The molecule has 1 aliphatic carbocycles. The zero-order valence-electron chi connectivity index (χ0n) is 15.9. The highest BCUT2D eigenvalue weighted by atomic mass is 16.5. The third-order valence-corrected chi connectivity index (χ3v) is 4.39. The molecule has 0 atom stereocenters. The van der Waals surface area contributed by atoms with Gasteiger partial charge in [-0.05, 0) is 61.4 Å². The van der Waals surface area contributed by atoms with E-state index in [-0.39, 0.29) is 24.3 Å². The molecule has 8 heteroatoms. The zero-order valence-corrected chi connectivity index (χ0v) is 15.9. The Morgan fingerprint density at radius 3 is 1.86 bits per heavy atom. The smallest absolute Gasteiger partial charge is 0.325 e. The maximum absolute atomic E-state index is 12.4. The van der Waals surface area contributed by atoms with Gasteiger partial charge in [0.2, 0.25) is 5.91 Å². The number of anilines is 2. The van der Waals surface area contributed by atoms with Crippen molar-refractivity contribution < 1.29 is 23.9 Å². The molecule has 1 aliphatic rings. The zero-order chi connectivity index (χ0) is 20.8. The summed E-state index contributed by atoms with van der Waals surface area (Å²) >= 11 is 0. The average molecular weight is 395 g/mol. The molecular weight excluding hydrogens is 374 g/mol. The van der Waals surface area contributed by atoms with Crippen LogP contribution in [0.2, 0.25) is 0 Å². The molecule has 3 rings (SSSR count). The molecule has 8 nitrogen and oxygen atoms in total. The molecule has 0 aromatic heterocycles. The van der Waals surface area contributed by atoms with Crippen molar-refractivity contribution in [2.75, 3.05) is 24.3 Å². The monoisotopic (exact) mass is 395 g/mol. The molecule has 0 aliphatic heterocycles. The predicted octanol–water partition coefficient (Wildman–Crippen LogP) is 2.19. The number of methoxy groups -OCH3 is 1. The van der Waals surface area contributed by atoms with Gasteiger partial charge in [-0.15, -0.1) is 0 Å². The minimum atomic E-state index is -0.541. The molecule has 0 saturated heterocycles. The number of benzene rings is 2. The lowest BCUT2D eigenvalue weighted by molar-refractivity contribution is -0.139. The van der Waals surface area contributed by atoms with E-state index in [2.05, 4.69) is 20.7 Å². The Morgan fingerprint density at radius 1 is 0.828 bits per heavy atom. The summed E-state index contributed by atoms with van der Waals surface area (Å²) in [6.07, 6.45) is 1.86. The minimum Gasteiger partial charge on any atom is -0.468 e. The highest BCUT2D eigenvalue weighted by molar-refractivity contribution is 6.05. The van der Waals surface area contributed by atoms with E-state index in [1.807, 2.05) is 0 Å². The van der Waals surface area contributed by atoms with Crippen LogP contribution in [0.25, 0.3) is 0 Å². The van der Waals surface area contributed by atoms with Gasteiger partial charge in [-0.25, -0.2) is 0 Å². The van der Waals surface area contributed by atoms with Crippen LogP contribution in [0.15, 0.2) is 48.5 Å². The molecular formula is C21H21N3O5. The second kappa shape index (κ2) is 9.01. The number of carbonyl (C=O) groups excluding carboxylic acids is 4. The van der Waals surface area contributed by atoms with Crippen molar-refractivity contribution in [3.05, 3.63) is 59.7 Å². The summed E-state index contributed by atoms with van der Waals surface area (Å²) in [5.41, 5.74) is 1.96. The molecule has 0 radical (unpaired) electrons. The molecule has 0 unspecified atom stereocenters. The van der Waals surface area contributed by atoms with Gasteiger partial charge in [-0.1, -0.05) is 0 Å². The van der Waals surface area contributed by atoms with Crippen molar-refractivity contribution in [3.63, 3.8) is 0 Å². The molecule has 29 heavy (non-hydrogen) atoms. The maximum Gasteiger partial charge on any atom is 0.325 e. The number of esters is 1. The molecule has 3 amide bonds. The Bertz CT molecular complexity index is 918. The van der Waals surface area contributed by atoms with Crippen molar-refractivity contribution in [3.8, 4) is 0 Å². The Morgan fingerprint density at radius 2 is 1.34 bits per heavy atom. The van der Waals surface area contributed by atoms with Gasteiger partial charge in [0, 0.05) is 28.4 Å². The Labute approximate surface area is 167 Å². The summed E-state index contributed by atoms with van der Waals surface area (Å²) in [6.45, 7) is -0.217. The van der Waals surface area contributed by atoms with Crippen molar-refractivity contribution in [1.82, 2.24) is 5.32 Å². The fraction of sp³-hybridized carbons (Fsp3) is 0.238. The third kappa shape index (κ3) is 5.65. The van der Waals surface area contributed by atoms with Crippen molar-refractivity contribution in [1.29, 1.82) is 0 Å². The van der Waals surface area contributed by atoms with Crippen LogP contribution in [0.5, 0.6) is 0 Å². The number of hydrogen-bond donors (Lipinski definition) is 3. The van der Waals surface area contributed by atoms with E-state index in [1.165, 1.54) is 7.11 Å². The topological polar surface area (TPSA) is 114 Å². The Kier molecular flexibility index (Phi) is 6.23. The van der Waals surface area contributed by atoms with Crippen molar-refractivity contribution >= 4 is 35.1 Å². The third-order valence-electron chi connectivity index (χ3n) is 4.39. The molecule has 0 heterocycles. The molecule has 1 saturated carbocycles. The van der Waals surface area contributed by atoms with Gasteiger partial charge in [-0.2, -0.15) is 0 Å². The second-order valence-corrected chi connectivity index (χ2v) is 6.63. The van der Waals surface area contributed by atoms with Gasteiger partial charge >= 0.3 is 5.97 Å². The molecule has 2 aromatic carbocycles. The summed E-state index contributed by atoms with van der Waals surface area (Å²) in [5.74, 6) is -1.15. The quantitative estimate of drug-likeness (QED) is 0.622. The van der Waals surface area contributed by atoms with Crippen LogP contribution >= 0.6 is 0 Å². The largest absolute Gasteiger partial charge is 0.468 e. The predicted molar refractivity (Wildman–Crippen MR) is 107 cm³/mol. The van der Waals surface area contributed by atoms with Crippen LogP contribution in [-0.2, 0) is 14.3 Å². The lowest BCUT2D eigenvalue weighted by Gasteiger charge is -2.08. The lowest BCUT2D eigenvalue weighted by Crippen LogP contribution is -2.30. The summed E-state index contributed by atoms with van der Waals surface area (Å²) < 4.78 is 4.46. The van der Waals surface area contributed by atoms with Gasteiger partial charge < -0.3 is 20.7 Å². The molecule has 0 bridgehead atoms. The highest BCUT2D eigenvalue weighted by Crippen LogP contribution is 2.30. The number of carbonyl (C=O) groups is 4. The van der Waals surface area contributed by atoms with Gasteiger partial charge in [-0.3, -0.25) is 19.2 Å². The van der Waals surface area contributed by atoms with Crippen LogP contribution in [0, 0.1) is 5.92 Å². The van der Waals surface area contributed by atoms with Gasteiger partial charge in [0.1, 0.15) is 6.54 Å². The average Bonchev–Trinajstić information content (AvgIpc) is 3.58. The van der Waals surface area contributed by atoms with Crippen LogP contribution in [0.4, 0.5) is 11.4 Å². The summed E-state index contributed by atoms with van der Waals surface area (Å²) in [5, 5.41) is 7.99. The fourth-order valence-electron chi connectivity index (χ4n) is 2.53. The van der Waals surface area contributed by atoms with E-state index in [9.17, 15) is 19.2 Å². The van der Waals surface area contributed by atoms with Crippen molar-refractivity contribution in [2.24, 2.45) is 5.92 Å². The number of ether oxygens (including phenoxy) is 1. The SMILES string of the molecule is COC(=O)CNC(=O)c1ccc(NC(=O)c2ccc(NC(=O)C3CC3)cc2)cc1. The number of amides is 3. The van der Waals surface area contributed by atoms with E-state index in [0.29, 0.717) is 22.5 Å². The van der Waals surface area contributed by atoms with Gasteiger partial charge in [0.25, 0.3) is 11.8 Å². The molecule has 150 valence electrons. The van der Waals surface area contributed by atoms with Gasteiger partial charge in [0.05, 0.1) is 7.11 Å². The number of rotatable bonds is 7. The second-order valence-electron chi connectivity index (χ2n) is 6.63. The van der Waals surface area contributed by atoms with E-state index in [0.717, 1.165) is 12.8 Å². The summed E-state index contributed by atoms with van der Waals surface area (Å²) in [6, 6.07) is 12.9. The van der Waals surface area contributed by atoms with Crippen LogP contribution in [0.1, 0.15) is 33.6 Å². The number of hydrogen-bond acceptors (Lipinski definition) is 5. The maximum atomic E-state index is 12.4. The normalized spacial score (nSPS) is 12.6. The fourth-order valence-corrected chi connectivity index (χ4v) is 2.53. The minimum absolute atomic E-state index is 0.0120. The first kappa shape index (κ1) is 20.1. The number of nitrogens with one attached hydrogen (secondary N) is 3. The van der Waals surface area contributed by atoms with Crippen LogP contribution in [-0.4, -0.2) is 37.3 Å². The van der Waals surface area contributed by atoms with E-state index in [4.69, 9.17) is 0 Å². The molecule has 2 aromatic rings. The van der Waals surface area contributed by atoms with Crippen LogP contribution < -0.4 is 16.0 Å². The van der Waals surface area contributed by atoms with E-state index in [1.54, 1.807) is 48.5 Å². The molecule has 3 N–H and O–H groups in total. The van der Waals surface area contributed by atoms with Crippen molar-refractivity contribution in [2.45, 2.75) is 12.8 Å². The first-order valence-electron chi connectivity index (χ1n) is 9.13. The molecule has 1 fully saturated rings. The highest BCUT2D eigenvalue weighted by Gasteiger charge is 2.29. The molecule has 0 spiro atoms. The Balaban J connectivity index is 1.54. The first-order chi connectivity index (χ1) is 14.0.